The molecule has 0 aliphatic rings. The summed E-state index contributed by atoms with van der Waals surface area (Å²) in [4.78, 5) is 7.72. The summed E-state index contributed by atoms with van der Waals surface area (Å²) in [5.74, 6) is 0. The first-order chi connectivity index (χ1) is 8.12. The van der Waals surface area contributed by atoms with Gasteiger partial charge in [0.2, 0.25) is 0 Å². The summed E-state index contributed by atoms with van der Waals surface area (Å²) < 4.78 is 26.1. The maximum Gasteiger partial charge on any atom is 0.281 e. The van der Waals surface area contributed by atoms with Gasteiger partial charge >= 0.3 is 0 Å². The van der Waals surface area contributed by atoms with Crippen LogP contribution in [0, 0.1) is 0 Å². The Kier molecular flexibility index (Phi) is 3.25. The van der Waals surface area contributed by atoms with Crippen LogP contribution in [0.3, 0.4) is 0 Å². The molecule has 0 atom stereocenters. The molecule has 0 aliphatic carbocycles. The molecule has 0 fully saturated rings. The molecule has 2 aromatic heterocycles. The van der Waals surface area contributed by atoms with Crippen LogP contribution in [0.1, 0.15) is 0 Å². The van der Waals surface area contributed by atoms with Crippen LogP contribution in [0.15, 0.2) is 35.6 Å². The predicted octanol–water partition coefficient (Wildman–Crippen LogP) is 1.38. The van der Waals surface area contributed by atoms with Gasteiger partial charge in [0.15, 0.2) is 10.2 Å². The number of rotatable bonds is 4. The van der Waals surface area contributed by atoms with Gasteiger partial charge in [-0.05, 0) is 12.1 Å². The summed E-state index contributed by atoms with van der Waals surface area (Å²) in [6, 6.07) is 4.69. The number of sulfonamides is 1. The highest BCUT2D eigenvalue weighted by Crippen LogP contribution is 2.24. The fourth-order valence-corrected chi connectivity index (χ4v) is 2.97. The van der Waals surface area contributed by atoms with Gasteiger partial charge in [-0.15, -0.1) is 0 Å². The van der Waals surface area contributed by atoms with Gasteiger partial charge in [-0.25, -0.2) is 9.97 Å². The zero-order valence-corrected chi connectivity index (χ0v) is 10.5. The summed E-state index contributed by atoms with van der Waals surface area (Å²) in [6.45, 7) is 0. The second-order valence-corrected chi connectivity index (χ2v) is 5.71. The van der Waals surface area contributed by atoms with E-state index in [1.54, 1.807) is 25.4 Å². The number of pyridine rings is 1. The van der Waals surface area contributed by atoms with E-state index in [9.17, 15) is 8.42 Å². The summed E-state index contributed by atoms with van der Waals surface area (Å²) >= 11 is 1.21. The Labute approximate surface area is 103 Å². The van der Waals surface area contributed by atoms with Crippen LogP contribution in [0.5, 0.6) is 0 Å². The molecule has 2 aromatic rings. The van der Waals surface area contributed by atoms with E-state index >= 15 is 0 Å². The summed E-state index contributed by atoms with van der Waals surface area (Å²) in [5, 5.41) is 3.94. The van der Waals surface area contributed by atoms with Crippen molar-refractivity contribution in [2.45, 2.75) is 5.03 Å². The molecular weight excluding hydrogens is 260 g/mol. The van der Waals surface area contributed by atoms with Crippen molar-refractivity contribution in [3.05, 3.63) is 30.6 Å². The third-order valence-corrected chi connectivity index (χ3v) is 4.20. The first kappa shape index (κ1) is 11.8. The van der Waals surface area contributed by atoms with Crippen molar-refractivity contribution in [2.24, 2.45) is 0 Å². The summed E-state index contributed by atoms with van der Waals surface area (Å²) in [6.07, 6.45) is 2.98. The highest BCUT2D eigenvalue weighted by Gasteiger charge is 2.16. The van der Waals surface area contributed by atoms with E-state index in [1.807, 2.05) is 0 Å². The Bertz CT molecular complexity index is 594. The van der Waals surface area contributed by atoms with Gasteiger partial charge in [0, 0.05) is 13.2 Å². The first-order valence-corrected chi connectivity index (χ1v) is 6.99. The van der Waals surface area contributed by atoms with Crippen molar-refractivity contribution in [1.82, 2.24) is 9.97 Å². The average molecular weight is 270 g/mol. The normalized spacial score (nSPS) is 11.1. The molecule has 0 saturated heterocycles. The first-order valence-electron chi connectivity index (χ1n) is 4.69. The number of hydrogen-bond acceptors (Lipinski definition) is 6. The van der Waals surface area contributed by atoms with Gasteiger partial charge < -0.3 is 5.32 Å². The minimum Gasteiger partial charge on any atom is -0.379 e. The van der Waals surface area contributed by atoms with Gasteiger partial charge in [0.05, 0.1) is 6.20 Å². The van der Waals surface area contributed by atoms with E-state index in [0.717, 1.165) is 5.00 Å². The number of nitrogens with one attached hydrogen (secondary N) is 2. The molecule has 2 N–H and O–H groups in total. The lowest BCUT2D eigenvalue weighted by Gasteiger charge is -2.02. The third-order valence-electron chi connectivity index (χ3n) is 1.89. The van der Waals surface area contributed by atoms with Crippen LogP contribution >= 0.6 is 11.3 Å². The molecule has 0 aliphatic heterocycles. The summed E-state index contributed by atoms with van der Waals surface area (Å²) in [5.41, 5.74) is 0. The van der Waals surface area contributed by atoms with Crippen LogP contribution in [-0.2, 0) is 10.0 Å². The van der Waals surface area contributed by atoms with Gasteiger partial charge in [0.1, 0.15) is 5.00 Å². The van der Waals surface area contributed by atoms with Crippen molar-refractivity contribution < 1.29 is 8.42 Å². The highest BCUT2D eigenvalue weighted by atomic mass is 32.2. The van der Waals surface area contributed by atoms with Crippen LogP contribution in [0.4, 0.5) is 10.1 Å². The molecule has 6 nitrogen and oxygen atoms in total. The Morgan fingerprint density at radius 3 is 2.71 bits per heavy atom. The predicted molar refractivity (Wildman–Crippen MR) is 66.7 cm³/mol. The van der Waals surface area contributed by atoms with E-state index in [1.165, 1.54) is 23.6 Å². The smallest absolute Gasteiger partial charge is 0.281 e. The number of nitrogens with zero attached hydrogens (tertiary/aromatic N) is 2. The molecule has 0 aromatic carbocycles. The zero-order valence-electron chi connectivity index (χ0n) is 8.91. The molecule has 8 heteroatoms. The SMILES string of the molecule is CNc1cnc(NS(=O)(=O)c2ccccn2)s1. The number of aromatic nitrogens is 2. The van der Waals surface area contributed by atoms with E-state index in [4.69, 9.17) is 0 Å². The third kappa shape index (κ3) is 2.71. The molecule has 17 heavy (non-hydrogen) atoms. The maximum absolute atomic E-state index is 11.9. The Balaban J connectivity index is 2.24. The van der Waals surface area contributed by atoms with Crippen molar-refractivity contribution >= 4 is 31.5 Å². The van der Waals surface area contributed by atoms with Crippen LogP contribution in [0.25, 0.3) is 0 Å². The average Bonchev–Trinajstić information content (AvgIpc) is 2.77. The lowest BCUT2D eigenvalue weighted by molar-refractivity contribution is 0.597. The quantitative estimate of drug-likeness (QED) is 0.877. The van der Waals surface area contributed by atoms with Gasteiger partial charge in [-0.3, -0.25) is 4.72 Å². The largest absolute Gasteiger partial charge is 0.379 e. The second kappa shape index (κ2) is 4.68. The molecule has 0 radical (unpaired) electrons. The molecule has 0 amide bonds. The molecule has 0 unspecified atom stereocenters. The molecular formula is C9H10N4O2S2. The van der Waals surface area contributed by atoms with E-state index in [2.05, 4.69) is 20.0 Å². The number of thiazole rings is 1. The van der Waals surface area contributed by atoms with Gasteiger partial charge in [0.25, 0.3) is 10.0 Å². The fourth-order valence-electron chi connectivity index (χ4n) is 1.11. The minimum atomic E-state index is -3.65. The van der Waals surface area contributed by atoms with Crippen molar-refractivity contribution in [3.63, 3.8) is 0 Å². The lowest BCUT2D eigenvalue weighted by Crippen LogP contribution is -2.13. The molecule has 2 heterocycles. The minimum absolute atomic E-state index is 0.0267. The van der Waals surface area contributed by atoms with E-state index < -0.39 is 10.0 Å². The summed E-state index contributed by atoms with van der Waals surface area (Å²) in [7, 11) is -1.91. The van der Waals surface area contributed by atoms with Gasteiger partial charge in [-0.1, -0.05) is 17.4 Å². The standard InChI is InChI=1S/C9H10N4O2S2/c1-10-7-6-12-9(16-7)13-17(14,15)8-4-2-3-5-11-8/h2-6,10H,1H3,(H,12,13). The van der Waals surface area contributed by atoms with Crippen molar-refractivity contribution in [1.29, 1.82) is 0 Å². The molecule has 0 saturated carbocycles. The lowest BCUT2D eigenvalue weighted by atomic mass is 10.5. The van der Waals surface area contributed by atoms with Crippen LogP contribution < -0.4 is 10.0 Å². The monoisotopic (exact) mass is 270 g/mol. The van der Waals surface area contributed by atoms with E-state index in [0.29, 0.717) is 5.13 Å². The molecule has 0 spiro atoms. The van der Waals surface area contributed by atoms with Gasteiger partial charge in [-0.2, -0.15) is 8.42 Å². The van der Waals surface area contributed by atoms with Crippen LogP contribution in [0.2, 0.25) is 0 Å². The molecule has 90 valence electrons. The van der Waals surface area contributed by atoms with Crippen LogP contribution in [-0.4, -0.2) is 25.4 Å². The number of anilines is 2. The van der Waals surface area contributed by atoms with Crippen molar-refractivity contribution in [3.8, 4) is 0 Å². The number of hydrogen-bond donors (Lipinski definition) is 2. The second-order valence-electron chi connectivity index (χ2n) is 3.05. The van der Waals surface area contributed by atoms with Crippen molar-refractivity contribution in [2.75, 3.05) is 17.1 Å². The Hall–Kier alpha value is -1.67. The topological polar surface area (TPSA) is 84.0 Å². The maximum atomic E-state index is 11.9. The molecule has 2 rings (SSSR count). The van der Waals surface area contributed by atoms with E-state index in [-0.39, 0.29) is 5.03 Å². The zero-order chi connectivity index (χ0) is 12.3. The highest BCUT2D eigenvalue weighted by molar-refractivity contribution is 7.92. The Morgan fingerprint density at radius 2 is 2.12 bits per heavy atom. The molecule has 0 bridgehead atoms. The fraction of sp³-hybridized carbons (Fsp3) is 0.111. The Morgan fingerprint density at radius 1 is 1.29 bits per heavy atom.